The molecule has 0 spiro atoms. The van der Waals surface area contributed by atoms with E-state index >= 15 is 0 Å². The smallest absolute Gasteiger partial charge is 0.208 e. The van der Waals surface area contributed by atoms with E-state index in [1.807, 2.05) is 30.3 Å². The highest BCUT2D eigenvalue weighted by Crippen LogP contribution is 2.02. The second-order valence-corrected chi connectivity index (χ2v) is 5.30. The van der Waals surface area contributed by atoms with E-state index in [4.69, 9.17) is 0 Å². The zero-order chi connectivity index (χ0) is 11.3. The average molecular weight is 229 g/mol. The second-order valence-electron chi connectivity index (χ2n) is 3.46. The van der Waals surface area contributed by atoms with E-state index in [0.717, 1.165) is 11.8 Å². The number of rotatable bonds is 5. The summed E-state index contributed by atoms with van der Waals surface area (Å²) in [6.45, 7) is 0.0493. The molecule has 0 aromatic heterocycles. The molecule has 84 valence electrons. The minimum Gasteiger partial charge on any atom is -0.391 e. The Morgan fingerprint density at radius 2 is 1.93 bits per heavy atom. The van der Waals surface area contributed by atoms with Crippen LogP contribution in [0.2, 0.25) is 0 Å². The van der Waals surface area contributed by atoms with E-state index in [2.05, 4.69) is 4.72 Å². The molecule has 4 nitrogen and oxygen atoms in total. The fraction of sp³-hybridized carbons (Fsp3) is 0.400. The first-order valence-electron chi connectivity index (χ1n) is 4.64. The summed E-state index contributed by atoms with van der Waals surface area (Å²) in [4.78, 5) is 0. The van der Waals surface area contributed by atoms with E-state index in [9.17, 15) is 13.5 Å². The van der Waals surface area contributed by atoms with Crippen LogP contribution in [0.3, 0.4) is 0 Å². The number of sulfonamides is 1. The number of benzene rings is 1. The lowest BCUT2D eigenvalue weighted by molar-refractivity contribution is 0.179. The predicted octanol–water partition coefficient (Wildman–Crippen LogP) is 0.139. The number of aliphatic hydroxyl groups excluding tert-OH is 1. The van der Waals surface area contributed by atoms with Crippen LogP contribution in [0.25, 0.3) is 0 Å². The fourth-order valence-electron chi connectivity index (χ4n) is 1.21. The highest BCUT2D eigenvalue weighted by Gasteiger charge is 2.08. The zero-order valence-electron chi connectivity index (χ0n) is 8.55. The van der Waals surface area contributed by atoms with Crippen LogP contribution in [0.1, 0.15) is 5.56 Å². The highest BCUT2D eigenvalue weighted by atomic mass is 32.2. The molecular weight excluding hydrogens is 214 g/mol. The van der Waals surface area contributed by atoms with E-state index < -0.39 is 16.1 Å². The first kappa shape index (κ1) is 12.2. The van der Waals surface area contributed by atoms with Gasteiger partial charge in [0, 0.05) is 6.54 Å². The Hall–Kier alpha value is -0.910. The third-order valence-electron chi connectivity index (χ3n) is 1.90. The molecule has 1 atom stereocenters. The first-order chi connectivity index (χ1) is 6.97. The molecule has 0 bridgehead atoms. The van der Waals surface area contributed by atoms with Gasteiger partial charge in [0.1, 0.15) is 0 Å². The molecule has 0 radical (unpaired) electrons. The van der Waals surface area contributed by atoms with E-state index in [-0.39, 0.29) is 6.54 Å². The normalized spacial score (nSPS) is 13.7. The monoisotopic (exact) mass is 229 g/mol. The summed E-state index contributed by atoms with van der Waals surface area (Å²) in [5.41, 5.74) is 0.986. The molecule has 1 unspecified atom stereocenters. The number of hydrogen-bond donors (Lipinski definition) is 2. The summed E-state index contributed by atoms with van der Waals surface area (Å²) in [6, 6.07) is 9.44. The third kappa shape index (κ3) is 5.51. The van der Waals surface area contributed by atoms with Crippen LogP contribution in [0.5, 0.6) is 0 Å². The van der Waals surface area contributed by atoms with E-state index in [1.165, 1.54) is 0 Å². The Labute approximate surface area is 90.0 Å². The SMILES string of the molecule is CS(=O)(=O)NCC(O)Cc1ccccc1. The van der Waals surface area contributed by atoms with Crippen molar-refractivity contribution in [3.05, 3.63) is 35.9 Å². The predicted molar refractivity (Wildman–Crippen MR) is 59.0 cm³/mol. The summed E-state index contributed by atoms with van der Waals surface area (Å²) in [7, 11) is -3.22. The van der Waals surface area contributed by atoms with Gasteiger partial charge in [-0.05, 0) is 12.0 Å². The van der Waals surface area contributed by atoms with Crippen LogP contribution < -0.4 is 4.72 Å². The lowest BCUT2D eigenvalue weighted by atomic mass is 10.1. The molecule has 0 aliphatic heterocycles. The van der Waals surface area contributed by atoms with Gasteiger partial charge in [0.15, 0.2) is 0 Å². The molecule has 0 saturated carbocycles. The lowest BCUT2D eigenvalue weighted by Gasteiger charge is -2.10. The Morgan fingerprint density at radius 1 is 1.33 bits per heavy atom. The van der Waals surface area contributed by atoms with Gasteiger partial charge in [-0.3, -0.25) is 0 Å². The summed E-state index contributed by atoms with van der Waals surface area (Å²) < 4.78 is 23.8. The lowest BCUT2D eigenvalue weighted by Crippen LogP contribution is -2.32. The molecule has 1 aromatic carbocycles. The van der Waals surface area contributed by atoms with Crippen molar-refractivity contribution < 1.29 is 13.5 Å². The van der Waals surface area contributed by atoms with Gasteiger partial charge in [-0.25, -0.2) is 13.1 Å². The molecule has 0 fully saturated rings. The van der Waals surface area contributed by atoms with Gasteiger partial charge in [0.25, 0.3) is 0 Å². The van der Waals surface area contributed by atoms with E-state index in [0.29, 0.717) is 6.42 Å². The summed E-state index contributed by atoms with van der Waals surface area (Å²) in [5.74, 6) is 0. The number of hydrogen-bond acceptors (Lipinski definition) is 3. The molecule has 0 amide bonds. The van der Waals surface area contributed by atoms with Gasteiger partial charge in [0.05, 0.1) is 12.4 Å². The van der Waals surface area contributed by atoms with Crippen molar-refractivity contribution in [2.45, 2.75) is 12.5 Å². The minimum absolute atomic E-state index is 0.0493. The van der Waals surface area contributed by atoms with Crippen molar-refractivity contribution in [2.24, 2.45) is 0 Å². The number of aliphatic hydroxyl groups is 1. The Balaban J connectivity index is 2.40. The maximum Gasteiger partial charge on any atom is 0.208 e. The second kappa shape index (κ2) is 5.25. The standard InChI is InChI=1S/C10H15NO3S/c1-15(13,14)11-8-10(12)7-9-5-3-2-4-6-9/h2-6,10-12H,7-8H2,1H3. The molecule has 1 aromatic rings. The van der Waals surface area contributed by atoms with Crippen LogP contribution in [-0.4, -0.2) is 32.4 Å². The summed E-state index contributed by atoms with van der Waals surface area (Å²) >= 11 is 0. The van der Waals surface area contributed by atoms with Gasteiger partial charge in [0.2, 0.25) is 10.0 Å². The first-order valence-corrected chi connectivity index (χ1v) is 6.53. The molecule has 0 saturated heterocycles. The maximum absolute atomic E-state index is 10.8. The molecule has 2 N–H and O–H groups in total. The zero-order valence-corrected chi connectivity index (χ0v) is 9.37. The molecule has 1 rings (SSSR count). The van der Waals surface area contributed by atoms with Crippen molar-refractivity contribution in [1.82, 2.24) is 4.72 Å². The molecule has 0 aliphatic rings. The Bertz CT molecular complexity index is 388. The largest absolute Gasteiger partial charge is 0.391 e. The quantitative estimate of drug-likeness (QED) is 0.754. The van der Waals surface area contributed by atoms with Crippen LogP contribution in [-0.2, 0) is 16.4 Å². The van der Waals surface area contributed by atoms with Crippen molar-refractivity contribution in [2.75, 3.05) is 12.8 Å². The molecule has 0 heterocycles. The fourth-order valence-corrected chi connectivity index (χ4v) is 1.70. The van der Waals surface area contributed by atoms with Gasteiger partial charge in [-0.2, -0.15) is 0 Å². The maximum atomic E-state index is 10.8. The molecule has 5 heteroatoms. The molecule has 0 aliphatic carbocycles. The highest BCUT2D eigenvalue weighted by molar-refractivity contribution is 7.88. The number of nitrogens with one attached hydrogen (secondary N) is 1. The van der Waals surface area contributed by atoms with Gasteiger partial charge < -0.3 is 5.11 Å². The van der Waals surface area contributed by atoms with Crippen LogP contribution in [0, 0.1) is 0 Å². The van der Waals surface area contributed by atoms with Gasteiger partial charge in [-0.1, -0.05) is 30.3 Å². The van der Waals surface area contributed by atoms with Crippen LogP contribution in [0.4, 0.5) is 0 Å². The van der Waals surface area contributed by atoms with Gasteiger partial charge >= 0.3 is 0 Å². The Morgan fingerprint density at radius 3 is 2.47 bits per heavy atom. The minimum atomic E-state index is -3.22. The summed E-state index contributed by atoms with van der Waals surface area (Å²) in [5, 5.41) is 9.54. The van der Waals surface area contributed by atoms with E-state index in [1.54, 1.807) is 0 Å². The van der Waals surface area contributed by atoms with Crippen molar-refractivity contribution in [3.8, 4) is 0 Å². The Kier molecular flexibility index (Phi) is 4.26. The van der Waals surface area contributed by atoms with Gasteiger partial charge in [-0.15, -0.1) is 0 Å². The molecule has 15 heavy (non-hydrogen) atoms. The van der Waals surface area contributed by atoms with Crippen LogP contribution >= 0.6 is 0 Å². The van der Waals surface area contributed by atoms with Crippen molar-refractivity contribution in [3.63, 3.8) is 0 Å². The third-order valence-corrected chi connectivity index (χ3v) is 2.59. The molecular formula is C10H15NO3S. The van der Waals surface area contributed by atoms with Crippen molar-refractivity contribution in [1.29, 1.82) is 0 Å². The van der Waals surface area contributed by atoms with Crippen LogP contribution in [0.15, 0.2) is 30.3 Å². The summed E-state index contributed by atoms with van der Waals surface area (Å²) in [6.07, 6.45) is 0.827. The topological polar surface area (TPSA) is 66.4 Å². The van der Waals surface area contributed by atoms with Crippen molar-refractivity contribution >= 4 is 10.0 Å². The average Bonchev–Trinajstić information content (AvgIpc) is 2.15.